The molecule has 1 amide bonds. The molecule has 3 aromatic carbocycles. The predicted molar refractivity (Wildman–Crippen MR) is 176 cm³/mol. The monoisotopic (exact) mass is 680 g/mol. The molecule has 0 aromatic heterocycles. The lowest BCUT2D eigenvalue weighted by Gasteiger charge is -2.42. The maximum absolute atomic E-state index is 14.9. The maximum atomic E-state index is 14.9. The van der Waals surface area contributed by atoms with Gasteiger partial charge in [0.1, 0.15) is 12.4 Å². The first kappa shape index (κ1) is 34.3. The van der Waals surface area contributed by atoms with Crippen LogP contribution in [0.4, 0.5) is 4.79 Å². The summed E-state index contributed by atoms with van der Waals surface area (Å²) in [5.41, 5.74) is 1.71. The summed E-state index contributed by atoms with van der Waals surface area (Å²) >= 11 is 0. The number of hydrogen-bond donors (Lipinski definition) is 3. The first-order chi connectivity index (χ1) is 23.3. The van der Waals surface area contributed by atoms with Gasteiger partial charge in [0, 0.05) is 17.9 Å². The molecule has 2 aliphatic heterocycles. The van der Waals surface area contributed by atoms with E-state index < -0.39 is 52.6 Å². The van der Waals surface area contributed by atoms with Crippen molar-refractivity contribution in [1.82, 2.24) is 9.79 Å². The smallest absolute Gasteiger partial charge is 0.404 e. The van der Waals surface area contributed by atoms with E-state index in [1.165, 1.54) is 12.1 Å². The van der Waals surface area contributed by atoms with Crippen LogP contribution in [0.5, 0.6) is 5.75 Å². The van der Waals surface area contributed by atoms with E-state index >= 15 is 0 Å². The molecule has 0 bridgehead atoms. The normalized spacial score (nSPS) is 23.3. The number of amides is 1. The zero-order valence-electron chi connectivity index (χ0n) is 26.8. The summed E-state index contributed by atoms with van der Waals surface area (Å²) in [6.07, 6.45) is 1.06. The summed E-state index contributed by atoms with van der Waals surface area (Å²) in [7, 11) is -4.45. The molecule has 0 spiro atoms. The molecule has 1 saturated carbocycles. The molecule has 3 N–H and O–H groups in total. The lowest BCUT2D eigenvalue weighted by molar-refractivity contribution is -0.197. The number of carboxylic acid groups (broad SMARTS) is 1. The van der Waals surface area contributed by atoms with Crippen molar-refractivity contribution < 1.29 is 42.5 Å². The van der Waals surface area contributed by atoms with E-state index in [0.717, 1.165) is 34.9 Å². The molecule has 1 aliphatic carbocycles. The number of fused-ring (bicyclic) bond motifs is 1. The van der Waals surface area contributed by atoms with Gasteiger partial charge in [-0.05, 0) is 48.9 Å². The highest BCUT2D eigenvalue weighted by Crippen LogP contribution is 2.42. The fourth-order valence-corrected chi connectivity index (χ4v) is 8.64. The predicted octanol–water partition coefficient (Wildman–Crippen LogP) is 5.14. The third kappa shape index (κ3) is 8.19. The van der Waals surface area contributed by atoms with E-state index in [9.17, 15) is 23.4 Å². The van der Waals surface area contributed by atoms with Crippen molar-refractivity contribution in [2.75, 3.05) is 13.2 Å². The summed E-state index contributed by atoms with van der Waals surface area (Å²) in [6, 6.07) is 22.7. The first-order valence-electron chi connectivity index (χ1n) is 16.7. The van der Waals surface area contributed by atoms with Crippen molar-refractivity contribution in [3.05, 3.63) is 96.1 Å². The second-order valence-electron chi connectivity index (χ2n) is 12.8. The molecule has 0 radical (unpaired) electrons. The Morgan fingerprint density at radius 3 is 2.33 bits per heavy atom. The number of benzene rings is 3. The van der Waals surface area contributed by atoms with Gasteiger partial charge in [0.05, 0.1) is 42.4 Å². The van der Waals surface area contributed by atoms with E-state index in [2.05, 4.69) is 5.32 Å². The van der Waals surface area contributed by atoms with Gasteiger partial charge in [-0.25, -0.2) is 13.2 Å². The van der Waals surface area contributed by atoms with E-state index in [1.807, 2.05) is 60.7 Å². The molecule has 2 heterocycles. The quantitative estimate of drug-likeness (QED) is 0.197. The van der Waals surface area contributed by atoms with Gasteiger partial charge in [0.2, 0.25) is 0 Å². The van der Waals surface area contributed by atoms with E-state index in [1.54, 1.807) is 12.1 Å². The standard InChI is InChI=1S/C36H44N2O9S/c39-34(32(37-36(40)41)21-25-11-4-1-5-12-25)33(31-24-46-35-30(31)19-20-44-35)38(47-27-15-8-3-9-16-27)48(42,43)29-18-10-17-28(22-29)45-23-26-13-6-2-7-14-26/h1-2,4-7,10-14,17-18,22,27,30-35,37,39H,3,8-9,15-16,19-21,23-24H2,(H,40,41)/t30-,31+,32-,33?,34+,35+/m0/s1. The number of nitrogens with zero attached hydrogens (tertiary/aromatic N) is 1. The van der Waals surface area contributed by atoms with Gasteiger partial charge in [0.25, 0.3) is 10.0 Å². The second-order valence-corrected chi connectivity index (χ2v) is 14.6. The van der Waals surface area contributed by atoms with E-state index in [4.69, 9.17) is 19.0 Å². The fraction of sp³-hybridized carbons (Fsp3) is 0.472. The van der Waals surface area contributed by atoms with Crippen LogP contribution in [0.25, 0.3) is 0 Å². The summed E-state index contributed by atoms with van der Waals surface area (Å²) < 4.78 is 48.5. The van der Waals surface area contributed by atoms with Gasteiger partial charge < -0.3 is 29.7 Å². The highest BCUT2D eigenvalue weighted by Gasteiger charge is 2.53. The number of carbonyl (C=O) groups is 1. The summed E-state index contributed by atoms with van der Waals surface area (Å²) in [6.45, 7) is 0.799. The molecular formula is C36H44N2O9S. The van der Waals surface area contributed by atoms with Gasteiger partial charge in [-0.15, -0.1) is 0 Å². The van der Waals surface area contributed by atoms with Crippen LogP contribution in [0.2, 0.25) is 0 Å². The molecule has 258 valence electrons. The van der Waals surface area contributed by atoms with Crippen molar-refractivity contribution in [2.45, 2.75) is 87.0 Å². The van der Waals surface area contributed by atoms with Crippen LogP contribution >= 0.6 is 0 Å². The number of ether oxygens (including phenoxy) is 3. The lowest BCUT2D eigenvalue weighted by Crippen LogP contribution is -2.60. The molecule has 12 heteroatoms. The zero-order chi connectivity index (χ0) is 33.5. The summed E-state index contributed by atoms with van der Waals surface area (Å²) in [5, 5.41) is 24.6. The summed E-state index contributed by atoms with van der Waals surface area (Å²) in [5.74, 6) is -0.408. The Bertz CT molecular complexity index is 1590. The minimum absolute atomic E-state index is 0.0648. The number of sulfonamides is 1. The molecule has 6 atom stereocenters. The number of rotatable bonds is 14. The summed E-state index contributed by atoms with van der Waals surface area (Å²) in [4.78, 5) is 18.5. The first-order valence-corrected chi connectivity index (χ1v) is 18.2. The third-order valence-electron chi connectivity index (χ3n) is 9.53. The minimum atomic E-state index is -4.45. The van der Waals surface area contributed by atoms with Crippen molar-refractivity contribution in [3.8, 4) is 5.75 Å². The third-order valence-corrected chi connectivity index (χ3v) is 11.2. The molecule has 2 saturated heterocycles. The second kappa shape index (κ2) is 15.8. The highest BCUT2D eigenvalue weighted by atomic mass is 32.2. The number of aliphatic hydroxyl groups is 1. The number of aliphatic hydroxyl groups excluding tert-OH is 1. The largest absolute Gasteiger partial charge is 0.489 e. The Morgan fingerprint density at radius 2 is 1.62 bits per heavy atom. The van der Waals surface area contributed by atoms with Gasteiger partial charge in [-0.1, -0.05) is 90.5 Å². The van der Waals surface area contributed by atoms with Gasteiger partial charge in [-0.3, -0.25) is 4.84 Å². The van der Waals surface area contributed by atoms with Crippen LogP contribution in [-0.4, -0.2) is 73.0 Å². The zero-order valence-corrected chi connectivity index (χ0v) is 27.6. The molecular weight excluding hydrogens is 636 g/mol. The minimum Gasteiger partial charge on any atom is -0.489 e. The fourth-order valence-electron chi connectivity index (χ4n) is 7.08. The molecule has 1 unspecified atom stereocenters. The SMILES string of the molecule is O=C(O)N[C@@H](Cc1ccccc1)[C@@H](O)C([C@@H]1CO[C@H]2OCC[C@H]21)N(OC1CCCCC1)S(=O)(=O)c1cccc(OCc2ccccc2)c1. The average molecular weight is 681 g/mol. The van der Waals surface area contributed by atoms with Crippen molar-refractivity contribution in [2.24, 2.45) is 11.8 Å². The Balaban J connectivity index is 1.39. The number of hydrogen-bond acceptors (Lipinski definition) is 8. The molecule has 3 aliphatic rings. The van der Waals surface area contributed by atoms with Crippen LogP contribution in [0.3, 0.4) is 0 Å². The molecule has 3 aromatic rings. The van der Waals surface area contributed by atoms with Crippen LogP contribution < -0.4 is 10.1 Å². The Hall–Kier alpha value is -3.52. The van der Waals surface area contributed by atoms with Crippen molar-refractivity contribution >= 4 is 16.1 Å². The Labute approximate surface area is 281 Å². The maximum Gasteiger partial charge on any atom is 0.404 e. The van der Waals surface area contributed by atoms with Crippen LogP contribution in [0, 0.1) is 11.8 Å². The van der Waals surface area contributed by atoms with Crippen molar-refractivity contribution in [3.63, 3.8) is 0 Å². The van der Waals surface area contributed by atoms with Crippen molar-refractivity contribution in [1.29, 1.82) is 0 Å². The van der Waals surface area contributed by atoms with Crippen LogP contribution in [0.15, 0.2) is 89.8 Å². The number of nitrogens with one attached hydrogen (secondary N) is 1. The van der Waals surface area contributed by atoms with E-state index in [-0.39, 0.29) is 30.4 Å². The highest BCUT2D eigenvalue weighted by molar-refractivity contribution is 7.89. The molecule has 48 heavy (non-hydrogen) atoms. The van der Waals surface area contributed by atoms with Gasteiger partial charge in [-0.2, -0.15) is 0 Å². The topological polar surface area (TPSA) is 144 Å². The Morgan fingerprint density at radius 1 is 0.917 bits per heavy atom. The van der Waals surface area contributed by atoms with Crippen LogP contribution in [0.1, 0.15) is 49.7 Å². The number of hydroxylamine groups is 1. The molecule has 11 nitrogen and oxygen atoms in total. The Kier molecular flexibility index (Phi) is 11.3. The van der Waals surface area contributed by atoms with Gasteiger partial charge in [0.15, 0.2) is 6.29 Å². The molecule has 3 fully saturated rings. The van der Waals surface area contributed by atoms with E-state index in [0.29, 0.717) is 31.6 Å². The average Bonchev–Trinajstić information content (AvgIpc) is 3.73. The van der Waals surface area contributed by atoms with Gasteiger partial charge >= 0.3 is 6.09 Å². The van der Waals surface area contributed by atoms with Crippen LogP contribution in [-0.2, 0) is 37.4 Å². The lowest BCUT2D eigenvalue weighted by atomic mass is 9.82. The molecule has 6 rings (SSSR count).